The molecule has 0 aromatic carbocycles. The van der Waals surface area contributed by atoms with E-state index in [0.29, 0.717) is 23.3 Å². The summed E-state index contributed by atoms with van der Waals surface area (Å²) in [5.74, 6) is 6.62. The number of nitrogens with two attached hydrogens (primary N) is 1. The third-order valence-corrected chi connectivity index (χ3v) is 4.11. The van der Waals surface area contributed by atoms with Crippen molar-refractivity contribution in [3.63, 3.8) is 0 Å². The van der Waals surface area contributed by atoms with Gasteiger partial charge in [0.25, 0.3) is 5.91 Å². The zero-order valence-corrected chi connectivity index (χ0v) is 13.2. The van der Waals surface area contributed by atoms with Crippen LogP contribution in [0.15, 0.2) is 12.1 Å². The lowest BCUT2D eigenvalue weighted by Gasteiger charge is -2.28. The number of nitrogens with zero attached hydrogens (tertiary/aromatic N) is 2. The maximum atomic E-state index is 12.8. The summed E-state index contributed by atoms with van der Waals surface area (Å²) in [6.45, 7) is 7.30. The molecule has 1 aromatic heterocycles. The molecule has 0 radical (unpaired) electrons. The third-order valence-electron chi connectivity index (χ3n) is 4.11. The van der Waals surface area contributed by atoms with Crippen molar-refractivity contribution >= 4 is 11.7 Å². The standard InChI is InChI=1S/C16H26N4O/c1-4-6-13-9-12(10-15(18-13)19-17)16(21)20-8-5-7-14(20)11(2)3/h9-11,14H,4-8,17H2,1-3H3,(H,18,19). The Bertz CT molecular complexity index is 501. The number of hydrogen-bond donors (Lipinski definition) is 2. The van der Waals surface area contributed by atoms with Gasteiger partial charge < -0.3 is 10.3 Å². The first kappa shape index (κ1) is 15.8. The number of carbonyl (C=O) groups excluding carboxylic acids is 1. The van der Waals surface area contributed by atoms with Gasteiger partial charge >= 0.3 is 0 Å². The largest absolute Gasteiger partial charge is 0.335 e. The molecule has 1 unspecified atom stereocenters. The summed E-state index contributed by atoms with van der Waals surface area (Å²) in [6, 6.07) is 3.99. The molecule has 116 valence electrons. The van der Waals surface area contributed by atoms with Crippen LogP contribution in [-0.4, -0.2) is 28.4 Å². The quantitative estimate of drug-likeness (QED) is 0.646. The highest BCUT2D eigenvalue weighted by Crippen LogP contribution is 2.26. The van der Waals surface area contributed by atoms with Crippen molar-refractivity contribution in [1.29, 1.82) is 0 Å². The minimum absolute atomic E-state index is 0.0995. The molecule has 1 saturated heterocycles. The average molecular weight is 290 g/mol. The van der Waals surface area contributed by atoms with E-state index in [9.17, 15) is 4.79 Å². The zero-order valence-electron chi connectivity index (χ0n) is 13.2. The highest BCUT2D eigenvalue weighted by atomic mass is 16.2. The van der Waals surface area contributed by atoms with E-state index in [1.54, 1.807) is 6.07 Å². The first-order chi connectivity index (χ1) is 10.1. The van der Waals surface area contributed by atoms with E-state index in [1.165, 1.54) is 0 Å². The molecule has 1 fully saturated rings. The van der Waals surface area contributed by atoms with Crippen molar-refractivity contribution in [3.8, 4) is 0 Å². The lowest BCUT2D eigenvalue weighted by Crippen LogP contribution is -2.38. The number of pyridine rings is 1. The minimum Gasteiger partial charge on any atom is -0.335 e. The van der Waals surface area contributed by atoms with Crippen LogP contribution >= 0.6 is 0 Å². The van der Waals surface area contributed by atoms with E-state index in [-0.39, 0.29) is 5.91 Å². The average Bonchev–Trinajstić information content (AvgIpc) is 2.96. The number of amides is 1. The normalized spacial score (nSPS) is 18.3. The van der Waals surface area contributed by atoms with E-state index < -0.39 is 0 Å². The first-order valence-corrected chi connectivity index (χ1v) is 7.85. The van der Waals surface area contributed by atoms with E-state index in [1.807, 2.05) is 11.0 Å². The molecule has 1 amide bonds. The van der Waals surface area contributed by atoms with Crippen LogP contribution in [0.2, 0.25) is 0 Å². The summed E-state index contributed by atoms with van der Waals surface area (Å²) in [4.78, 5) is 19.2. The van der Waals surface area contributed by atoms with Gasteiger partial charge in [-0.25, -0.2) is 10.8 Å². The van der Waals surface area contributed by atoms with Gasteiger partial charge in [0.2, 0.25) is 0 Å². The highest BCUT2D eigenvalue weighted by Gasteiger charge is 2.31. The predicted molar refractivity (Wildman–Crippen MR) is 84.9 cm³/mol. The fourth-order valence-corrected chi connectivity index (χ4v) is 3.07. The second-order valence-electron chi connectivity index (χ2n) is 6.08. The molecule has 0 aliphatic carbocycles. The molecule has 0 bridgehead atoms. The lowest BCUT2D eigenvalue weighted by atomic mass is 10.0. The van der Waals surface area contributed by atoms with E-state index >= 15 is 0 Å². The van der Waals surface area contributed by atoms with Gasteiger partial charge in [0, 0.05) is 23.8 Å². The van der Waals surface area contributed by atoms with Gasteiger partial charge in [-0.15, -0.1) is 0 Å². The molecule has 5 heteroatoms. The van der Waals surface area contributed by atoms with Crippen molar-refractivity contribution in [2.45, 2.75) is 52.5 Å². The van der Waals surface area contributed by atoms with Crippen LogP contribution in [0.5, 0.6) is 0 Å². The minimum atomic E-state index is 0.0995. The molecule has 1 aromatic rings. The van der Waals surface area contributed by atoms with Crippen LogP contribution in [0.3, 0.4) is 0 Å². The van der Waals surface area contributed by atoms with Crippen LogP contribution in [0.4, 0.5) is 5.82 Å². The summed E-state index contributed by atoms with van der Waals surface area (Å²) < 4.78 is 0. The topological polar surface area (TPSA) is 71.2 Å². The number of aryl methyl sites for hydroxylation is 1. The van der Waals surface area contributed by atoms with Gasteiger partial charge in [-0.05, 0) is 37.3 Å². The smallest absolute Gasteiger partial charge is 0.254 e. The Morgan fingerprint density at radius 2 is 2.29 bits per heavy atom. The molecule has 0 saturated carbocycles. The van der Waals surface area contributed by atoms with Crippen LogP contribution in [0.25, 0.3) is 0 Å². The van der Waals surface area contributed by atoms with E-state index in [4.69, 9.17) is 5.84 Å². The fourth-order valence-electron chi connectivity index (χ4n) is 3.07. The number of rotatable bonds is 5. The molecular formula is C16H26N4O. The Balaban J connectivity index is 2.27. The van der Waals surface area contributed by atoms with Crippen LogP contribution in [0, 0.1) is 5.92 Å². The number of anilines is 1. The number of carbonyl (C=O) groups is 1. The molecule has 2 heterocycles. The van der Waals surface area contributed by atoms with Crippen molar-refractivity contribution in [3.05, 3.63) is 23.4 Å². The molecule has 1 atom stereocenters. The second-order valence-corrected chi connectivity index (χ2v) is 6.08. The van der Waals surface area contributed by atoms with Gasteiger partial charge in [-0.1, -0.05) is 27.2 Å². The van der Waals surface area contributed by atoms with Gasteiger partial charge in [0.1, 0.15) is 5.82 Å². The summed E-state index contributed by atoms with van der Waals surface area (Å²) in [5.41, 5.74) is 4.17. The van der Waals surface area contributed by atoms with E-state index in [0.717, 1.165) is 37.9 Å². The summed E-state index contributed by atoms with van der Waals surface area (Å²) in [6.07, 6.45) is 4.03. The number of hydrogen-bond acceptors (Lipinski definition) is 4. The first-order valence-electron chi connectivity index (χ1n) is 7.85. The Hall–Kier alpha value is -1.62. The lowest BCUT2D eigenvalue weighted by molar-refractivity contribution is 0.0701. The van der Waals surface area contributed by atoms with Crippen LogP contribution < -0.4 is 11.3 Å². The molecular weight excluding hydrogens is 264 g/mol. The second kappa shape index (κ2) is 6.89. The van der Waals surface area contributed by atoms with Crippen molar-refractivity contribution in [2.24, 2.45) is 11.8 Å². The maximum Gasteiger partial charge on any atom is 0.254 e. The Morgan fingerprint density at radius 1 is 1.52 bits per heavy atom. The number of nitrogen functional groups attached to an aromatic ring is 1. The Labute approximate surface area is 126 Å². The molecule has 0 spiro atoms. The van der Waals surface area contributed by atoms with Gasteiger partial charge in [-0.2, -0.15) is 0 Å². The zero-order chi connectivity index (χ0) is 15.4. The van der Waals surface area contributed by atoms with Crippen molar-refractivity contribution < 1.29 is 4.79 Å². The Morgan fingerprint density at radius 3 is 2.90 bits per heavy atom. The third kappa shape index (κ3) is 3.53. The number of likely N-dealkylation sites (tertiary alicyclic amines) is 1. The highest BCUT2D eigenvalue weighted by molar-refractivity contribution is 5.95. The summed E-state index contributed by atoms with van der Waals surface area (Å²) in [5, 5.41) is 0. The molecule has 2 rings (SSSR count). The molecule has 1 aliphatic heterocycles. The van der Waals surface area contributed by atoms with E-state index in [2.05, 4.69) is 31.2 Å². The van der Waals surface area contributed by atoms with Crippen LogP contribution in [-0.2, 0) is 6.42 Å². The summed E-state index contributed by atoms with van der Waals surface area (Å²) >= 11 is 0. The van der Waals surface area contributed by atoms with Crippen molar-refractivity contribution in [1.82, 2.24) is 9.88 Å². The van der Waals surface area contributed by atoms with Crippen LogP contribution in [0.1, 0.15) is 56.1 Å². The summed E-state index contributed by atoms with van der Waals surface area (Å²) in [7, 11) is 0. The predicted octanol–water partition coefficient (Wildman–Crippen LogP) is 2.58. The van der Waals surface area contributed by atoms with Gasteiger partial charge in [0.15, 0.2) is 0 Å². The van der Waals surface area contributed by atoms with Gasteiger partial charge in [-0.3, -0.25) is 4.79 Å². The SMILES string of the molecule is CCCc1cc(C(=O)N2CCCC2C(C)C)cc(NN)n1. The maximum absolute atomic E-state index is 12.8. The van der Waals surface area contributed by atoms with Gasteiger partial charge in [0.05, 0.1) is 0 Å². The molecule has 5 nitrogen and oxygen atoms in total. The number of nitrogens with one attached hydrogen (secondary N) is 1. The number of hydrazine groups is 1. The van der Waals surface area contributed by atoms with Crippen molar-refractivity contribution in [2.75, 3.05) is 12.0 Å². The Kier molecular flexibility index (Phi) is 5.17. The molecule has 21 heavy (non-hydrogen) atoms. The number of aromatic nitrogens is 1. The monoisotopic (exact) mass is 290 g/mol. The molecule has 3 N–H and O–H groups in total. The molecule has 1 aliphatic rings. The fraction of sp³-hybridized carbons (Fsp3) is 0.625.